The Morgan fingerprint density at radius 1 is 0.905 bits per heavy atom. The van der Waals surface area contributed by atoms with Crippen molar-refractivity contribution in [2.45, 2.75) is 0 Å². The van der Waals surface area contributed by atoms with Gasteiger partial charge in [-0.1, -0.05) is 41.9 Å². The number of methoxy groups -OCH3 is 1. The first-order valence-electron chi connectivity index (χ1n) is 6.06. The fraction of sp³-hybridized carbons (Fsp3) is 0.0625. The maximum atomic E-state index is 12.3. The molecular formula is C16H11ClO4. The summed E-state index contributed by atoms with van der Waals surface area (Å²) in [6.45, 7) is 0. The molecule has 2 aromatic rings. The van der Waals surface area contributed by atoms with Crippen LogP contribution in [0.3, 0.4) is 0 Å². The van der Waals surface area contributed by atoms with Crippen LogP contribution in [-0.2, 0) is 4.74 Å². The molecule has 0 saturated carbocycles. The summed E-state index contributed by atoms with van der Waals surface area (Å²) in [5.41, 5.74) is 0.238. The van der Waals surface area contributed by atoms with Gasteiger partial charge in [0.2, 0.25) is 11.6 Å². The molecule has 2 aromatic carbocycles. The number of ketones is 2. The molecule has 106 valence electrons. The van der Waals surface area contributed by atoms with Gasteiger partial charge in [0.15, 0.2) is 0 Å². The van der Waals surface area contributed by atoms with E-state index in [1.54, 1.807) is 24.3 Å². The fourth-order valence-electron chi connectivity index (χ4n) is 1.85. The number of ether oxygens (including phenoxy) is 1. The molecular weight excluding hydrogens is 292 g/mol. The lowest BCUT2D eigenvalue weighted by molar-refractivity contribution is 0.0597. The van der Waals surface area contributed by atoms with Gasteiger partial charge in [-0.2, -0.15) is 0 Å². The molecule has 0 bridgehead atoms. The molecule has 0 fully saturated rings. The van der Waals surface area contributed by atoms with Gasteiger partial charge in [-0.05, 0) is 18.2 Å². The quantitative estimate of drug-likeness (QED) is 0.494. The topological polar surface area (TPSA) is 60.4 Å². The number of Topliss-reactive ketones (excluding diaryl/α,β-unsaturated/α-hetero) is 2. The Hall–Kier alpha value is -2.46. The van der Waals surface area contributed by atoms with Crippen molar-refractivity contribution in [1.82, 2.24) is 0 Å². The third-order valence-electron chi connectivity index (χ3n) is 2.87. The molecule has 0 atom stereocenters. The summed E-state index contributed by atoms with van der Waals surface area (Å²) >= 11 is 5.81. The van der Waals surface area contributed by atoms with Crippen LogP contribution in [0.4, 0.5) is 0 Å². The van der Waals surface area contributed by atoms with Gasteiger partial charge in [0.05, 0.1) is 12.7 Å². The molecule has 5 heteroatoms. The molecule has 2 rings (SSSR count). The molecule has 0 aromatic heterocycles. The molecule has 0 aliphatic heterocycles. The predicted octanol–water partition coefficient (Wildman–Crippen LogP) is 3.19. The lowest BCUT2D eigenvalue weighted by Gasteiger charge is -2.06. The first kappa shape index (κ1) is 14.9. The number of esters is 1. The normalized spacial score (nSPS) is 10.0. The summed E-state index contributed by atoms with van der Waals surface area (Å²) in [6, 6.07) is 12.1. The average molecular weight is 303 g/mol. The molecule has 0 unspecified atom stereocenters. The molecule has 0 heterocycles. The Morgan fingerprint density at radius 3 is 2.19 bits per heavy atom. The standard InChI is InChI=1S/C16H11ClO4/c1-21-16(20)13-8-3-2-7-12(13)15(19)14(18)10-5-4-6-11(17)9-10/h2-9H,1H3. The van der Waals surface area contributed by atoms with E-state index < -0.39 is 17.5 Å². The molecule has 0 N–H and O–H groups in total. The van der Waals surface area contributed by atoms with E-state index in [4.69, 9.17) is 11.6 Å². The third-order valence-corrected chi connectivity index (χ3v) is 3.11. The van der Waals surface area contributed by atoms with Gasteiger partial charge in [0.25, 0.3) is 0 Å². The van der Waals surface area contributed by atoms with Gasteiger partial charge in [0.1, 0.15) is 0 Å². The van der Waals surface area contributed by atoms with E-state index >= 15 is 0 Å². The van der Waals surface area contributed by atoms with E-state index in [1.807, 2.05) is 0 Å². The van der Waals surface area contributed by atoms with Crippen LogP contribution in [0.15, 0.2) is 48.5 Å². The van der Waals surface area contributed by atoms with Crippen LogP contribution >= 0.6 is 11.6 Å². The Balaban J connectivity index is 2.41. The Morgan fingerprint density at radius 2 is 1.57 bits per heavy atom. The van der Waals surface area contributed by atoms with Crippen molar-refractivity contribution in [3.8, 4) is 0 Å². The Labute approximate surface area is 126 Å². The summed E-state index contributed by atoms with van der Waals surface area (Å²) in [7, 11) is 1.21. The van der Waals surface area contributed by atoms with Gasteiger partial charge < -0.3 is 4.74 Å². The second-order valence-corrected chi connectivity index (χ2v) is 4.64. The monoisotopic (exact) mass is 302 g/mol. The second kappa shape index (κ2) is 6.33. The highest BCUT2D eigenvalue weighted by molar-refractivity contribution is 6.50. The highest BCUT2D eigenvalue weighted by atomic mass is 35.5. The van der Waals surface area contributed by atoms with Gasteiger partial charge in [-0.25, -0.2) is 4.79 Å². The minimum atomic E-state index is -0.779. The highest BCUT2D eigenvalue weighted by Gasteiger charge is 2.23. The smallest absolute Gasteiger partial charge is 0.338 e. The summed E-state index contributed by atoms with van der Waals surface area (Å²) < 4.78 is 4.61. The van der Waals surface area contributed by atoms with E-state index in [-0.39, 0.29) is 16.7 Å². The van der Waals surface area contributed by atoms with Crippen molar-refractivity contribution in [3.05, 3.63) is 70.2 Å². The molecule has 0 spiro atoms. The van der Waals surface area contributed by atoms with E-state index in [0.29, 0.717) is 5.02 Å². The zero-order chi connectivity index (χ0) is 15.4. The van der Waals surface area contributed by atoms with Gasteiger partial charge >= 0.3 is 5.97 Å². The predicted molar refractivity (Wildman–Crippen MR) is 77.9 cm³/mol. The molecule has 21 heavy (non-hydrogen) atoms. The van der Waals surface area contributed by atoms with Crippen LogP contribution in [0, 0.1) is 0 Å². The van der Waals surface area contributed by atoms with Gasteiger partial charge in [-0.3, -0.25) is 9.59 Å². The van der Waals surface area contributed by atoms with Crippen LogP contribution in [0.1, 0.15) is 31.1 Å². The van der Waals surface area contributed by atoms with E-state index in [2.05, 4.69) is 4.74 Å². The molecule has 0 radical (unpaired) electrons. The first-order valence-corrected chi connectivity index (χ1v) is 6.44. The van der Waals surface area contributed by atoms with Crippen LogP contribution in [0.5, 0.6) is 0 Å². The van der Waals surface area contributed by atoms with Crippen molar-refractivity contribution >= 4 is 29.1 Å². The van der Waals surface area contributed by atoms with Crippen molar-refractivity contribution in [3.63, 3.8) is 0 Å². The second-order valence-electron chi connectivity index (χ2n) is 4.21. The van der Waals surface area contributed by atoms with E-state index in [1.165, 1.54) is 31.4 Å². The minimum absolute atomic E-state index is 0.00863. The van der Waals surface area contributed by atoms with Crippen LogP contribution in [0.25, 0.3) is 0 Å². The Bertz CT molecular complexity index is 722. The molecule has 4 nitrogen and oxygen atoms in total. The molecule has 0 amide bonds. The molecule has 0 aliphatic rings. The number of rotatable bonds is 4. The largest absolute Gasteiger partial charge is 0.465 e. The number of carbonyl (C=O) groups excluding carboxylic acids is 3. The SMILES string of the molecule is COC(=O)c1ccccc1C(=O)C(=O)c1cccc(Cl)c1. The molecule has 0 saturated heterocycles. The summed E-state index contributed by atoms with van der Waals surface area (Å²) in [6.07, 6.45) is 0. The van der Waals surface area contributed by atoms with Crippen LogP contribution in [0.2, 0.25) is 5.02 Å². The van der Waals surface area contributed by atoms with E-state index in [9.17, 15) is 14.4 Å². The van der Waals surface area contributed by atoms with Crippen LogP contribution < -0.4 is 0 Å². The minimum Gasteiger partial charge on any atom is -0.465 e. The maximum Gasteiger partial charge on any atom is 0.338 e. The van der Waals surface area contributed by atoms with Crippen molar-refractivity contribution in [1.29, 1.82) is 0 Å². The zero-order valence-electron chi connectivity index (χ0n) is 11.1. The van der Waals surface area contributed by atoms with Crippen LogP contribution in [-0.4, -0.2) is 24.6 Å². The average Bonchev–Trinajstić information content (AvgIpc) is 2.52. The number of benzene rings is 2. The zero-order valence-corrected chi connectivity index (χ0v) is 11.9. The number of hydrogen-bond donors (Lipinski definition) is 0. The summed E-state index contributed by atoms with van der Waals surface area (Å²) in [4.78, 5) is 36.1. The summed E-state index contributed by atoms with van der Waals surface area (Å²) in [5.74, 6) is -2.18. The van der Waals surface area contributed by atoms with Gasteiger partial charge in [-0.15, -0.1) is 0 Å². The van der Waals surface area contributed by atoms with Gasteiger partial charge in [0, 0.05) is 16.1 Å². The lowest BCUT2D eigenvalue weighted by Crippen LogP contribution is -2.18. The number of halogens is 1. The first-order chi connectivity index (χ1) is 10.0. The Kier molecular flexibility index (Phi) is 4.50. The summed E-state index contributed by atoms with van der Waals surface area (Å²) in [5, 5.41) is 0.356. The lowest BCUT2D eigenvalue weighted by atomic mass is 9.97. The fourth-order valence-corrected chi connectivity index (χ4v) is 2.04. The van der Waals surface area contributed by atoms with Crippen molar-refractivity contribution in [2.75, 3.05) is 7.11 Å². The third kappa shape index (κ3) is 3.17. The van der Waals surface area contributed by atoms with Crippen molar-refractivity contribution in [2.24, 2.45) is 0 Å². The number of carbonyl (C=O) groups is 3. The highest BCUT2D eigenvalue weighted by Crippen LogP contribution is 2.16. The van der Waals surface area contributed by atoms with Crippen molar-refractivity contribution < 1.29 is 19.1 Å². The maximum absolute atomic E-state index is 12.3. The van der Waals surface area contributed by atoms with E-state index in [0.717, 1.165) is 0 Å². The number of hydrogen-bond acceptors (Lipinski definition) is 4. The molecule has 0 aliphatic carbocycles.